The van der Waals surface area contributed by atoms with Gasteiger partial charge in [0.2, 0.25) is 11.8 Å². The van der Waals surface area contributed by atoms with Crippen molar-refractivity contribution in [1.29, 1.82) is 0 Å². The smallest absolute Gasteiger partial charge is 0.258 e. The normalized spacial score (nSPS) is 11.7. The summed E-state index contributed by atoms with van der Waals surface area (Å²) in [6.45, 7) is 5.92. The zero-order valence-electron chi connectivity index (χ0n) is 15.7. The lowest BCUT2D eigenvalue weighted by Gasteiger charge is -2.21. The van der Waals surface area contributed by atoms with Crippen LogP contribution >= 0.6 is 12.4 Å². The number of aromatic nitrogens is 2. The second kappa shape index (κ2) is 10.0. The average Bonchev–Trinajstić information content (AvgIpc) is 2.63. The van der Waals surface area contributed by atoms with Crippen LogP contribution in [0.3, 0.4) is 0 Å². The number of hydrogen-bond acceptors (Lipinski definition) is 5. The standard InChI is InChI=1S/C18H25N5O3.ClH/c1-4-23(15(24)9-20-18(26)16(19)11(2)3)10-14-21-13-8-6-5-7-12(13)17(25)22-14;/h5-8,11,16H,4,9-10,19H2,1-3H3,(H,20,26)(H,21,22,25);1H/t16-;/m0./s1. The minimum atomic E-state index is -0.656. The summed E-state index contributed by atoms with van der Waals surface area (Å²) in [7, 11) is 0. The maximum atomic E-state index is 12.4. The van der Waals surface area contributed by atoms with Crippen LogP contribution in [0.1, 0.15) is 26.6 Å². The molecule has 0 aliphatic carbocycles. The van der Waals surface area contributed by atoms with Crippen molar-refractivity contribution >= 4 is 35.1 Å². The van der Waals surface area contributed by atoms with E-state index in [4.69, 9.17) is 5.73 Å². The van der Waals surface area contributed by atoms with Crippen molar-refractivity contribution in [2.45, 2.75) is 33.4 Å². The van der Waals surface area contributed by atoms with Gasteiger partial charge in [0.05, 0.1) is 30.0 Å². The van der Waals surface area contributed by atoms with E-state index < -0.39 is 6.04 Å². The molecule has 1 heterocycles. The van der Waals surface area contributed by atoms with Crippen molar-refractivity contribution in [3.63, 3.8) is 0 Å². The van der Waals surface area contributed by atoms with E-state index in [1.54, 1.807) is 24.3 Å². The predicted molar refractivity (Wildman–Crippen MR) is 107 cm³/mol. The molecule has 0 radical (unpaired) electrons. The monoisotopic (exact) mass is 395 g/mol. The van der Waals surface area contributed by atoms with Gasteiger partial charge in [0.25, 0.3) is 5.56 Å². The highest BCUT2D eigenvalue weighted by molar-refractivity contribution is 5.87. The molecule has 0 saturated heterocycles. The third-order valence-corrected chi connectivity index (χ3v) is 4.17. The van der Waals surface area contributed by atoms with Gasteiger partial charge in [0.1, 0.15) is 5.82 Å². The SMILES string of the molecule is CCN(Cc1nc2ccccc2c(=O)[nH]1)C(=O)CNC(=O)[C@@H](N)C(C)C.Cl. The first-order chi connectivity index (χ1) is 12.3. The lowest BCUT2D eigenvalue weighted by Crippen LogP contribution is -2.47. The molecule has 0 saturated carbocycles. The molecule has 0 unspecified atom stereocenters. The lowest BCUT2D eigenvalue weighted by molar-refractivity contribution is -0.133. The van der Waals surface area contributed by atoms with Gasteiger partial charge >= 0.3 is 0 Å². The molecule has 1 aromatic heterocycles. The van der Waals surface area contributed by atoms with Crippen LogP contribution in [0, 0.1) is 5.92 Å². The van der Waals surface area contributed by atoms with Crippen LogP contribution in [0.25, 0.3) is 10.9 Å². The van der Waals surface area contributed by atoms with Gasteiger partial charge < -0.3 is 20.9 Å². The number of halogens is 1. The molecule has 2 rings (SSSR count). The third kappa shape index (κ3) is 5.77. The van der Waals surface area contributed by atoms with Gasteiger partial charge in [-0.05, 0) is 25.0 Å². The number of rotatable bonds is 7. The van der Waals surface area contributed by atoms with Crippen LogP contribution in [0.4, 0.5) is 0 Å². The van der Waals surface area contributed by atoms with Crippen LogP contribution in [-0.2, 0) is 16.1 Å². The molecule has 2 amide bonds. The first-order valence-electron chi connectivity index (χ1n) is 8.62. The Labute approximate surface area is 163 Å². The maximum Gasteiger partial charge on any atom is 0.258 e. The highest BCUT2D eigenvalue weighted by atomic mass is 35.5. The van der Waals surface area contributed by atoms with Crippen LogP contribution in [-0.4, -0.2) is 45.8 Å². The number of carbonyl (C=O) groups excluding carboxylic acids is 2. The van der Waals surface area contributed by atoms with Gasteiger partial charge in [-0.1, -0.05) is 26.0 Å². The molecule has 0 aliphatic rings. The Bertz CT molecular complexity index is 852. The van der Waals surface area contributed by atoms with E-state index in [0.29, 0.717) is 23.3 Å². The third-order valence-electron chi connectivity index (χ3n) is 4.17. The summed E-state index contributed by atoms with van der Waals surface area (Å²) in [6.07, 6.45) is 0. The Morgan fingerprint density at radius 2 is 1.96 bits per heavy atom. The number of carbonyl (C=O) groups is 2. The van der Waals surface area contributed by atoms with Gasteiger partial charge in [-0.15, -0.1) is 12.4 Å². The number of para-hydroxylation sites is 1. The summed E-state index contributed by atoms with van der Waals surface area (Å²) in [5, 5.41) is 3.06. The van der Waals surface area contributed by atoms with E-state index in [9.17, 15) is 14.4 Å². The Hall–Kier alpha value is -2.45. The topological polar surface area (TPSA) is 121 Å². The largest absolute Gasteiger partial charge is 0.346 e. The van der Waals surface area contributed by atoms with Crippen molar-refractivity contribution in [2.24, 2.45) is 11.7 Å². The van der Waals surface area contributed by atoms with Gasteiger partial charge in [-0.25, -0.2) is 4.98 Å². The van der Waals surface area contributed by atoms with Crippen molar-refractivity contribution in [1.82, 2.24) is 20.2 Å². The first-order valence-corrected chi connectivity index (χ1v) is 8.62. The second-order valence-electron chi connectivity index (χ2n) is 6.43. The number of hydrogen-bond donors (Lipinski definition) is 3. The first kappa shape index (κ1) is 22.6. The number of nitrogens with zero attached hydrogens (tertiary/aromatic N) is 2. The molecule has 8 nitrogen and oxygen atoms in total. The Morgan fingerprint density at radius 3 is 2.59 bits per heavy atom. The molecular weight excluding hydrogens is 370 g/mol. The molecule has 27 heavy (non-hydrogen) atoms. The molecule has 2 aromatic rings. The molecule has 0 bridgehead atoms. The fourth-order valence-electron chi connectivity index (χ4n) is 2.46. The fourth-order valence-corrected chi connectivity index (χ4v) is 2.46. The van der Waals surface area contributed by atoms with Crippen LogP contribution in [0.5, 0.6) is 0 Å². The number of H-pyrrole nitrogens is 1. The van der Waals surface area contributed by atoms with Gasteiger partial charge in [-0.3, -0.25) is 14.4 Å². The maximum absolute atomic E-state index is 12.4. The van der Waals surface area contributed by atoms with Gasteiger partial charge in [0, 0.05) is 6.54 Å². The predicted octanol–water partition coefficient (Wildman–Crippen LogP) is 0.793. The Morgan fingerprint density at radius 1 is 1.30 bits per heavy atom. The minimum absolute atomic E-state index is 0. The number of nitrogens with two attached hydrogens (primary N) is 1. The van der Waals surface area contributed by atoms with Gasteiger partial charge in [-0.2, -0.15) is 0 Å². The quantitative estimate of drug-likeness (QED) is 0.640. The highest BCUT2D eigenvalue weighted by Gasteiger charge is 2.20. The van der Waals surface area contributed by atoms with E-state index in [1.807, 2.05) is 20.8 Å². The Balaban J connectivity index is 0.00000364. The number of fused-ring (bicyclic) bond motifs is 1. The van der Waals surface area contributed by atoms with E-state index in [2.05, 4.69) is 15.3 Å². The highest BCUT2D eigenvalue weighted by Crippen LogP contribution is 2.07. The van der Waals surface area contributed by atoms with Crippen LogP contribution in [0.15, 0.2) is 29.1 Å². The van der Waals surface area contributed by atoms with E-state index in [0.717, 1.165) is 0 Å². The zero-order valence-corrected chi connectivity index (χ0v) is 16.5. The summed E-state index contributed by atoms with van der Waals surface area (Å²) in [5.74, 6) is -0.248. The van der Waals surface area contributed by atoms with Crippen molar-refractivity contribution in [3.8, 4) is 0 Å². The van der Waals surface area contributed by atoms with Crippen molar-refractivity contribution < 1.29 is 9.59 Å². The molecule has 0 aliphatic heterocycles. The molecule has 1 aromatic carbocycles. The van der Waals surface area contributed by atoms with Crippen LogP contribution < -0.4 is 16.6 Å². The average molecular weight is 396 g/mol. The lowest BCUT2D eigenvalue weighted by atomic mass is 10.1. The molecule has 4 N–H and O–H groups in total. The molecule has 0 spiro atoms. The summed E-state index contributed by atoms with van der Waals surface area (Å²) in [6, 6.07) is 6.36. The summed E-state index contributed by atoms with van der Waals surface area (Å²) in [4.78, 5) is 45.0. The van der Waals surface area contributed by atoms with E-state index in [-0.39, 0.29) is 48.8 Å². The minimum Gasteiger partial charge on any atom is -0.346 e. The summed E-state index contributed by atoms with van der Waals surface area (Å²) >= 11 is 0. The van der Waals surface area contributed by atoms with Crippen molar-refractivity contribution in [2.75, 3.05) is 13.1 Å². The molecule has 1 atom stereocenters. The number of likely N-dealkylation sites (N-methyl/N-ethyl adjacent to an activating group) is 1. The van der Waals surface area contributed by atoms with Crippen LogP contribution in [0.2, 0.25) is 0 Å². The number of amides is 2. The van der Waals surface area contributed by atoms with E-state index in [1.165, 1.54) is 4.90 Å². The zero-order chi connectivity index (χ0) is 19.3. The fraction of sp³-hybridized carbons (Fsp3) is 0.444. The number of aromatic amines is 1. The number of benzene rings is 1. The summed E-state index contributed by atoms with van der Waals surface area (Å²) in [5.41, 5.74) is 6.09. The Kier molecular flexibility index (Phi) is 8.39. The molecular formula is C18H26ClN5O3. The second-order valence-corrected chi connectivity index (χ2v) is 6.43. The van der Waals surface area contributed by atoms with E-state index >= 15 is 0 Å². The molecule has 9 heteroatoms. The molecule has 148 valence electrons. The number of nitrogens with one attached hydrogen (secondary N) is 2. The summed E-state index contributed by atoms with van der Waals surface area (Å²) < 4.78 is 0. The van der Waals surface area contributed by atoms with Gasteiger partial charge in [0.15, 0.2) is 0 Å². The molecule has 0 fully saturated rings. The van der Waals surface area contributed by atoms with Crippen molar-refractivity contribution in [3.05, 3.63) is 40.4 Å².